The highest BCUT2D eigenvalue weighted by Gasteiger charge is 2.11. The van der Waals surface area contributed by atoms with Gasteiger partial charge in [0, 0.05) is 12.3 Å². The Labute approximate surface area is 124 Å². The van der Waals surface area contributed by atoms with Gasteiger partial charge in [-0.05, 0) is 38.1 Å². The molecule has 19 heavy (non-hydrogen) atoms. The van der Waals surface area contributed by atoms with Gasteiger partial charge in [-0.3, -0.25) is 0 Å². The maximum Gasteiger partial charge on any atom is 0.256 e. The summed E-state index contributed by atoms with van der Waals surface area (Å²) in [7, 11) is 0. The average Bonchev–Trinajstić information content (AvgIpc) is 2.82. The van der Waals surface area contributed by atoms with Crippen LogP contribution in [0.5, 0.6) is 0 Å². The quantitative estimate of drug-likeness (QED) is 0.802. The lowest BCUT2D eigenvalue weighted by atomic mass is 10.1. The van der Waals surface area contributed by atoms with Gasteiger partial charge in [0.2, 0.25) is 0 Å². The molecule has 2 aromatic rings. The highest BCUT2D eigenvalue weighted by molar-refractivity contribution is 7.99. The maximum atomic E-state index is 5.69. The Hall–Kier alpha value is -0.710. The highest BCUT2D eigenvalue weighted by atomic mass is 35.5. The summed E-state index contributed by atoms with van der Waals surface area (Å²) in [6.45, 7) is 3.66. The monoisotopic (exact) mass is 298 g/mol. The number of rotatable bonds is 4. The minimum atomic E-state index is 0. The lowest BCUT2D eigenvalue weighted by Crippen LogP contribution is -2.31. The molecule has 1 aliphatic rings. The van der Waals surface area contributed by atoms with Gasteiger partial charge in [-0.25, -0.2) is 4.98 Å². The summed E-state index contributed by atoms with van der Waals surface area (Å²) in [6, 6.07) is 7.94. The number of halogens is 1. The first-order chi connectivity index (χ1) is 8.92. The van der Waals surface area contributed by atoms with Gasteiger partial charge in [0.15, 0.2) is 5.58 Å². The van der Waals surface area contributed by atoms with Crippen LogP contribution in [0.25, 0.3) is 11.1 Å². The number of thioether (sulfide) groups is 1. The van der Waals surface area contributed by atoms with Crippen LogP contribution in [0.1, 0.15) is 19.3 Å². The van der Waals surface area contributed by atoms with Crippen molar-refractivity contribution in [1.29, 1.82) is 0 Å². The third-order valence-corrected chi connectivity index (χ3v) is 4.16. The molecule has 3 nitrogen and oxygen atoms in total. The number of oxazole rings is 1. The number of aromatic nitrogens is 1. The summed E-state index contributed by atoms with van der Waals surface area (Å²) in [5.74, 6) is 1.06. The maximum absolute atomic E-state index is 5.69. The first kappa shape index (κ1) is 14.7. The van der Waals surface area contributed by atoms with Gasteiger partial charge in [0.25, 0.3) is 5.22 Å². The number of likely N-dealkylation sites (tertiary alicyclic amines) is 1. The number of piperidine rings is 1. The van der Waals surface area contributed by atoms with Crippen LogP contribution in [0.4, 0.5) is 0 Å². The van der Waals surface area contributed by atoms with Gasteiger partial charge in [-0.1, -0.05) is 30.3 Å². The highest BCUT2D eigenvalue weighted by Crippen LogP contribution is 2.23. The van der Waals surface area contributed by atoms with Gasteiger partial charge in [0.05, 0.1) is 0 Å². The summed E-state index contributed by atoms with van der Waals surface area (Å²) >= 11 is 1.72. The second-order valence-electron chi connectivity index (χ2n) is 4.70. The number of fused-ring (bicyclic) bond motifs is 1. The van der Waals surface area contributed by atoms with Gasteiger partial charge >= 0.3 is 0 Å². The first-order valence-corrected chi connectivity index (χ1v) is 7.61. The van der Waals surface area contributed by atoms with Crippen molar-refractivity contribution in [2.75, 3.05) is 25.4 Å². The van der Waals surface area contributed by atoms with E-state index in [1.807, 2.05) is 24.3 Å². The standard InChI is InChI=1S/C14H18N2OS.ClH/c1-4-8-16(9-5-1)10-11-18-14-15-12-6-2-3-7-13(12)17-14;/h2-3,6-7H,1,4-5,8-11H2;1H. The number of hydrogen-bond donors (Lipinski definition) is 0. The van der Waals surface area contributed by atoms with Crippen LogP contribution < -0.4 is 0 Å². The molecule has 0 radical (unpaired) electrons. The van der Waals surface area contributed by atoms with Crippen LogP contribution in [-0.4, -0.2) is 35.3 Å². The molecule has 1 aromatic carbocycles. The number of nitrogens with zero attached hydrogens (tertiary/aromatic N) is 2. The Morgan fingerprint density at radius 3 is 2.74 bits per heavy atom. The van der Waals surface area contributed by atoms with E-state index in [-0.39, 0.29) is 12.4 Å². The molecular formula is C14H19ClN2OS. The van der Waals surface area contributed by atoms with Crippen LogP contribution in [0.2, 0.25) is 0 Å². The predicted octanol–water partition coefficient (Wildman–Crippen LogP) is 3.83. The second kappa shape index (κ2) is 7.17. The van der Waals surface area contributed by atoms with Crippen molar-refractivity contribution in [3.8, 4) is 0 Å². The Kier molecular flexibility index (Phi) is 5.55. The Bertz CT molecular complexity index is 478. The molecule has 0 amide bonds. The van der Waals surface area contributed by atoms with Gasteiger partial charge < -0.3 is 9.32 Å². The molecule has 0 atom stereocenters. The number of hydrogen-bond acceptors (Lipinski definition) is 4. The SMILES string of the molecule is Cl.c1ccc2oc(SCCN3CCCCC3)nc2c1. The van der Waals surface area contributed by atoms with E-state index < -0.39 is 0 Å². The normalized spacial score (nSPS) is 16.4. The zero-order valence-electron chi connectivity index (χ0n) is 10.9. The van der Waals surface area contributed by atoms with Crippen LogP contribution in [-0.2, 0) is 0 Å². The predicted molar refractivity (Wildman–Crippen MR) is 82.3 cm³/mol. The van der Waals surface area contributed by atoms with Gasteiger partial charge in [0.1, 0.15) is 5.52 Å². The molecule has 1 saturated heterocycles. The third kappa shape index (κ3) is 3.88. The van der Waals surface area contributed by atoms with Crippen molar-refractivity contribution in [3.63, 3.8) is 0 Å². The molecule has 5 heteroatoms. The van der Waals surface area contributed by atoms with Gasteiger partial charge in [-0.2, -0.15) is 0 Å². The molecule has 2 heterocycles. The molecule has 1 aromatic heterocycles. The molecular weight excluding hydrogens is 280 g/mol. The fourth-order valence-corrected chi connectivity index (χ4v) is 3.19. The third-order valence-electron chi connectivity index (χ3n) is 3.36. The van der Waals surface area contributed by atoms with E-state index in [0.717, 1.165) is 28.6 Å². The van der Waals surface area contributed by atoms with Crippen molar-refractivity contribution in [2.24, 2.45) is 0 Å². The van der Waals surface area contributed by atoms with Crippen LogP contribution in [0.15, 0.2) is 33.9 Å². The second-order valence-corrected chi connectivity index (χ2v) is 5.74. The first-order valence-electron chi connectivity index (χ1n) is 6.62. The summed E-state index contributed by atoms with van der Waals surface area (Å²) in [4.78, 5) is 7.01. The molecule has 0 bridgehead atoms. The smallest absolute Gasteiger partial charge is 0.256 e. The molecule has 1 aliphatic heterocycles. The Morgan fingerprint density at radius 1 is 1.16 bits per heavy atom. The van der Waals surface area contributed by atoms with Crippen molar-refractivity contribution in [1.82, 2.24) is 9.88 Å². The number of para-hydroxylation sites is 2. The molecule has 0 unspecified atom stereocenters. The number of benzene rings is 1. The lowest BCUT2D eigenvalue weighted by Gasteiger charge is -2.25. The van der Waals surface area contributed by atoms with E-state index in [2.05, 4.69) is 9.88 Å². The van der Waals surface area contributed by atoms with Crippen LogP contribution >= 0.6 is 24.2 Å². The van der Waals surface area contributed by atoms with E-state index in [0.29, 0.717) is 0 Å². The van der Waals surface area contributed by atoms with E-state index in [1.165, 1.54) is 32.4 Å². The van der Waals surface area contributed by atoms with Crippen LogP contribution in [0.3, 0.4) is 0 Å². The minimum absolute atomic E-state index is 0. The van der Waals surface area contributed by atoms with E-state index in [1.54, 1.807) is 11.8 Å². The molecule has 0 N–H and O–H groups in total. The van der Waals surface area contributed by atoms with E-state index in [4.69, 9.17) is 4.42 Å². The van der Waals surface area contributed by atoms with Crippen molar-refractivity contribution in [2.45, 2.75) is 24.5 Å². The zero-order chi connectivity index (χ0) is 12.2. The molecule has 0 saturated carbocycles. The van der Waals surface area contributed by atoms with Crippen LogP contribution in [0, 0.1) is 0 Å². The minimum Gasteiger partial charge on any atom is -0.431 e. The van der Waals surface area contributed by atoms with Crippen molar-refractivity contribution >= 4 is 35.3 Å². The largest absolute Gasteiger partial charge is 0.431 e. The fraction of sp³-hybridized carbons (Fsp3) is 0.500. The Morgan fingerprint density at radius 2 is 1.95 bits per heavy atom. The summed E-state index contributed by atoms with van der Waals surface area (Å²) in [6.07, 6.45) is 4.11. The summed E-state index contributed by atoms with van der Waals surface area (Å²) in [5.41, 5.74) is 1.84. The topological polar surface area (TPSA) is 29.3 Å². The lowest BCUT2D eigenvalue weighted by molar-refractivity contribution is 0.242. The molecule has 3 rings (SSSR count). The molecule has 0 aliphatic carbocycles. The molecule has 1 fully saturated rings. The summed E-state index contributed by atoms with van der Waals surface area (Å²) in [5, 5.41) is 0.799. The Balaban J connectivity index is 0.00000133. The molecule has 104 valence electrons. The van der Waals surface area contributed by atoms with Gasteiger partial charge in [-0.15, -0.1) is 12.4 Å². The summed E-state index contributed by atoms with van der Waals surface area (Å²) < 4.78 is 5.69. The van der Waals surface area contributed by atoms with Crippen molar-refractivity contribution < 1.29 is 4.42 Å². The van der Waals surface area contributed by atoms with E-state index >= 15 is 0 Å². The van der Waals surface area contributed by atoms with E-state index in [9.17, 15) is 0 Å². The fourth-order valence-electron chi connectivity index (χ4n) is 2.36. The molecule has 0 spiro atoms. The average molecular weight is 299 g/mol. The zero-order valence-corrected chi connectivity index (χ0v) is 12.5. The van der Waals surface area contributed by atoms with Crippen molar-refractivity contribution in [3.05, 3.63) is 24.3 Å².